The largest absolute Gasteiger partial charge is 0.306 e. The molecule has 1 aromatic heterocycles. The van der Waals surface area contributed by atoms with Gasteiger partial charge in [-0.15, -0.1) is 0 Å². The molecule has 0 bridgehead atoms. The molecule has 1 aromatic rings. The molecule has 2 nitrogen and oxygen atoms in total. The van der Waals surface area contributed by atoms with Gasteiger partial charge in [-0.1, -0.05) is 19.4 Å². The van der Waals surface area contributed by atoms with Crippen molar-refractivity contribution < 1.29 is 0 Å². The SMILES string of the molecule is CCCCN(C)CCc1ccc(C)cn1. The third-order valence-electron chi connectivity index (χ3n) is 2.62. The fourth-order valence-electron chi connectivity index (χ4n) is 1.49. The van der Waals surface area contributed by atoms with Crippen LogP contribution >= 0.6 is 0 Å². The molecule has 0 unspecified atom stereocenters. The summed E-state index contributed by atoms with van der Waals surface area (Å²) in [6, 6.07) is 4.26. The van der Waals surface area contributed by atoms with Gasteiger partial charge in [0.15, 0.2) is 0 Å². The quantitative estimate of drug-likeness (QED) is 0.711. The Balaban J connectivity index is 2.27. The van der Waals surface area contributed by atoms with Crippen molar-refractivity contribution >= 4 is 0 Å². The minimum Gasteiger partial charge on any atom is -0.306 e. The van der Waals surface area contributed by atoms with Crippen molar-refractivity contribution in [1.29, 1.82) is 0 Å². The number of aromatic nitrogens is 1. The van der Waals surface area contributed by atoms with E-state index in [0.717, 1.165) is 13.0 Å². The Morgan fingerprint density at radius 3 is 2.67 bits per heavy atom. The highest BCUT2D eigenvalue weighted by Gasteiger charge is 1.99. The van der Waals surface area contributed by atoms with Crippen molar-refractivity contribution in [3.05, 3.63) is 29.6 Å². The molecule has 0 fully saturated rings. The third-order valence-corrected chi connectivity index (χ3v) is 2.62. The van der Waals surface area contributed by atoms with Gasteiger partial charge in [0.1, 0.15) is 0 Å². The number of likely N-dealkylation sites (N-methyl/N-ethyl adjacent to an activating group) is 1. The highest BCUT2D eigenvalue weighted by molar-refractivity contribution is 5.12. The standard InChI is InChI=1S/C13H22N2/c1-4-5-9-15(3)10-8-13-7-6-12(2)11-14-13/h6-7,11H,4-5,8-10H2,1-3H3. The number of hydrogen-bond acceptors (Lipinski definition) is 2. The van der Waals surface area contributed by atoms with E-state index in [4.69, 9.17) is 0 Å². The second-order valence-corrected chi connectivity index (χ2v) is 4.23. The van der Waals surface area contributed by atoms with Crippen LogP contribution in [-0.2, 0) is 6.42 Å². The van der Waals surface area contributed by atoms with Crippen LogP contribution in [0.15, 0.2) is 18.3 Å². The van der Waals surface area contributed by atoms with Crippen LogP contribution in [0.3, 0.4) is 0 Å². The molecule has 1 heterocycles. The zero-order chi connectivity index (χ0) is 11.1. The summed E-state index contributed by atoms with van der Waals surface area (Å²) in [6.45, 7) is 6.61. The number of nitrogens with zero attached hydrogens (tertiary/aromatic N) is 2. The van der Waals surface area contributed by atoms with E-state index in [-0.39, 0.29) is 0 Å². The molecule has 0 radical (unpaired) electrons. The molecule has 0 saturated heterocycles. The summed E-state index contributed by atoms with van der Waals surface area (Å²) in [4.78, 5) is 6.78. The van der Waals surface area contributed by atoms with E-state index in [9.17, 15) is 0 Å². The van der Waals surface area contributed by atoms with E-state index < -0.39 is 0 Å². The van der Waals surface area contributed by atoms with Crippen molar-refractivity contribution in [2.24, 2.45) is 0 Å². The fourth-order valence-corrected chi connectivity index (χ4v) is 1.49. The molecule has 0 aliphatic rings. The number of rotatable bonds is 6. The molecule has 0 aliphatic carbocycles. The Labute approximate surface area is 93.3 Å². The summed E-state index contributed by atoms with van der Waals surface area (Å²) in [6.07, 6.45) is 5.56. The Morgan fingerprint density at radius 1 is 1.27 bits per heavy atom. The molecule has 15 heavy (non-hydrogen) atoms. The first kappa shape index (κ1) is 12.2. The molecule has 1 rings (SSSR count). The Kier molecular flexibility index (Phi) is 5.33. The summed E-state index contributed by atoms with van der Waals surface area (Å²) < 4.78 is 0. The topological polar surface area (TPSA) is 16.1 Å². The predicted octanol–water partition coefficient (Wildman–Crippen LogP) is 2.66. The molecular weight excluding hydrogens is 184 g/mol. The average molecular weight is 206 g/mol. The lowest BCUT2D eigenvalue weighted by atomic mass is 10.2. The van der Waals surface area contributed by atoms with Crippen LogP contribution in [0.2, 0.25) is 0 Å². The molecule has 0 spiro atoms. The summed E-state index contributed by atoms with van der Waals surface area (Å²) in [5, 5.41) is 0. The van der Waals surface area contributed by atoms with Crippen LogP contribution in [-0.4, -0.2) is 30.0 Å². The number of hydrogen-bond donors (Lipinski definition) is 0. The van der Waals surface area contributed by atoms with Gasteiger partial charge >= 0.3 is 0 Å². The summed E-state index contributed by atoms with van der Waals surface area (Å²) in [5.74, 6) is 0. The van der Waals surface area contributed by atoms with E-state index in [1.165, 1.54) is 30.6 Å². The van der Waals surface area contributed by atoms with E-state index in [1.54, 1.807) is 0 Å². The van der Waals surface area contributed by atoms with Gasteiger partial charge in [-0.05, 0) is 38.6 Å². The number of aryl methyl sites for hydroxylation is 1. The van der Waals surface area contributed by atoms with Crippen LogP contribution in [0.25, 0.3) is 0 Å². The average Bonchev–Trinajstić information content (AvgIpc) is 2.25. The number of pyridine rings is 1. The van der Waals surface area contributed by atoms with E-state index in [0.29, 0.717) is 0 Å². The first-order valence-electron chi connectivity index (χ1n) is 5.82. The lowest BCUT2D eigenvalue weighted by molar-refractivity contribution is 0.331. The van der Waals surface area contributed by atoms with Crippen LogP contribution < -0.4 is 0 Å². The molecule has 0 saturated carbocycles. The van der Waals surface area contributed by atoms with Crippen LogP contribution in [0.4, 0.5) is 0 Å². The maximum Gasteiger partial charge on any atom is 0.0416 e. The van der Waals surface area contributed by atoms with Crippen LogP contribution in [0, 0.1) is 6.92 Å². The van der Waals surface area contributed by atoms with E-state index in [1.807, 2.05) is 6.20 Å². The summed E-state index contributed by atoms with van der Waals surface area (Å²) in [7, 11) is 2.18. The van der Waals surface area contributed by atoms with Gasteiger partial charge in [0.05, 0.1) is 0 Å². The second-order valence-electron chi connectivity index (χ2n) is 4.23. The van der Waals surface area contributed by atoms with Gasteiger partial charge in [-0.3, -0.25) is 4.98 Å². The van der Waals surface area contributed by atoms with E-state index in [2.05, 4.69) is 42.9 Å². The highest BCUT2D eigenvalue weighted by Crippen LogP contribution is 2.01. The summed E-state index contributed by atoms with van der Waals surface area (Å²) >= 11 is 0. The molecule has 0 atom stereocenters. The normalized spacial score (nSPS) is 10.9. The molecule has 0 amide bonds. The van der Waals surface area contributed by atoms with Crippen LogP contribution in [0.5, 0.6) is 0 Å². The fraction of sp³-hybridized carbons (Fsp3) is 0.615. The van der Waals surface area contributed by atoms with Gasteiger partial charge in [0, 0.05) is 24.9 Å². The van der Waals surface area contributed by atoms with Crippen molar-refractivity contribution in [2.75, 3.05) is 20.1 Å². The van der Waals surface area contributed by atoms with Crippen molar-refractivity contribution in [2.45, 2.75) is 33.1 Å². The molecule has 0 N–H and O–H groups in total. The zero-order valence-corrected chi connectivity index (χ0v) is 10.2. The third kappa shape index (κ3) is 4.93. The molecule has 0 aliphatic heterocycles. The maximum atomic E-state index is 4.40. The monoisotopic (exact) mass is 206 g/mol. The minimum absolute atomic E-state index is 1.06. The Bertz CT molecular complexity index is 266. The zero-order valence-electron chi connectivity index (χ0n) is 10.2. The summed E-state index contributed by atoms with van der Waals surface area (Å²) in [5.41, 5.74) is 2.43. The second kappa shape index (κ2) is 6.57. The van der Waals surface area contributed by atoms with Gasteiger partial charge in [-0.2, -0.15) is 0 Å². The predicted molar refractivity (Wildman–Crippen MR) is 65.1 cm³/mol. The number of unbranched alkanes of at least 4 members (excludes halogenated alkanes) is 1. The minimum atomic E-state index is 1.06. The van der Waals surface area contributed by atoms with Gasteiger partial charge in [0.2, 0.25) is 0 Å². The molecular formula is C13H22N2. The molecule has 2 heteroatoms. The lowest BCUT2D eigenvalue weighted by Gasteiger charge is -2.15. The maximum absolute atomic E-state index is 4.40. The van der Waals surface area contributed by atoms with Crippen molar-refractivity contribution in [3.63, 3.8) is 0 Å². The van der Waals surface area contributed by atoms with Gasteiger partial charge in [-0.25, -0.2) is 0 Å². The lowest BCUT2D eigenvalue weighted by Crippen LogP contribution is -2.22. The first-order valence-corrected chi connectivity index (χ1v) is 5.82. The highest BCUT2D eigenvalue weighted by atomic mass is 15.1. The van der Waals surface area contributed by atoms with Gasteiger partial charge < -0.3 is 4.90 Å². The molecule has 0 aromatic carbocycles. The Morgan fingerprint density at radius 2 is 2.07 bits per heavy atom. The van der Waals surface area contributed by atoms with E-state index >= 15 is 0 Å². The van der Waals surface area contributed by atoms with Crippen molar-refractivity contribution in [3.8, 4) is 0 Å². The smallest absolute Gasteiger partial charge is 0.0416 e. The van der Waals surface area contributed by atoms with Gasteiger partial charge in [0.25, 0.3) is 0 Å². The van der Waals surface area contributed by atoms with Crippen LogP contribution in [0.1, 0.15) is 31.0 Å². The Hall–Kier alpha value is -0.890. The molecule has 84 valence electrons. The first-order chi connectivity index (χ1) is 7.22. The van der Waals surface area contributed by atoms with Crippen molar-refractivity contribution in [1.82, 2.24) is 9.88 Å².